The fraction of sp³-hybridized carbons (Fsp3) is 0.692. The minimum absolute atomic E-state index is 0.767. The Balaban J connectivity index is 2.90. The summed E-state index contributed by atoms with van der Waals surface area (Å²) >= 11 is 0. The molecule has 0 saturated heterocycles. The van der Waals surface area contributed by atoms with Gasteiger partial charge in [-0.15, -0.1) is 0 Å². The summed E-state index contributed by atoms with van der Waals surface area (Å²) in [5.74, 6) is 1.94. The summed E-state index contributed by atoms with van der Waals surface area (Å²) < 4.78 is 6.14. The van der Waals surface area contributed by atoms with Crippen LogP contribution in [-0.2, 0) is 4.43 Å². The summed E-state index contributed by atoms with van der Waals surface area (Å²) in [6.45, 7) is 13.4. The first-order valence-electron chi connectivity index (χ1n) is 5.85. The molecule has 0 aromatic rings. The summed E-state index contributed by atoms with van der Waals surface area (Å²) in [4.78, 5) is 0. The van der Waals surface area contributed by atoms with Crippen molar-refractivity contribution in [1.82, 2.24) is 0 Å². The van der Waals surface area contributed by atoms with Gasteiger partial charge in [0.05, 0.1) is 0 Å². The molecule has 1 unspecified atom stereocenters. The van der Waals surface area contributed by atoms with Crippen LogP contribution in [0.3, 0.4) is 0 Å². The minimum Gasteiger partial charge on any atom is -0.544 e. The highest BCUT2D eigenvalue weighted by Gasteiger charge is 2.23. The largest absolute Gasteiger partial charge is 0.544 e. The van der Waals surface area contributed by atoms with Gasteiger partial charge in [-0.3, -0.25) is 0 Å². The van der Waals surface area contributed by atoms with Gasteiger partial charge in [-0.1, -0.05) is 12.5 Å². The third-order valence-corrected chi connectivity index (χ3v) is 3.41. The van der Waals surface area contributed by atoms with Crippen LogP contribution in [0.4, 0.5) is 0 Å². The van der Waals surface area contributed by atoms with Crippen molar-refractivity contribution >= 4 is 8.32 Å². The van der Waals surface area contributed by atoms with E-state index in [9.17, 15) is 0 Å². The van der Waals surface area contributed by atoms with E-state index in [2.05, 4.69) is 46.5 Å². The van der Waals surface area contributed by atoms with Crippen LogP contribution in [0.5, 0.6) is 0 Å². The third kappa shape index (κ3) is 3.86. The number of hydrogen-bond donors (Lipinski definition) is 0. The van der Waals surface area contributed by atoms with Crippen molar-refractivity contribution in [3.8, 4) is 0 Å². The molecule has 0 fully saturated rings. The molecule has 0 amide bonds. The third-order valence-electron chi connectivity index (χ3n) is 2.58. The van der Waals surface area contributed by atoms with Crippen molar-refractivity contribution in [2.75, 3.05) is 0 Å². The average Bonchev–Trinajstić information content (AvgIpc) is 2.05. The summed E-state index contributed by atoms with van der Waals surface area (Å²) in [5.41, 5.74) is 2.85. The van der Waals surface area contributed by atoms with Crippen LogP contribution in [0, 0.1) is 5.92 Å². The maximum atomic E-state index is 6.14. The van der Waals surface area contributed by atoms with Crippen molar-refractivity contribution in [3.63, 3.8) is 0 Å². The highest BCUT2D eigenvalue weighted by molar-refractivity contribution is 6.70. The molecule has 2 heteroatoms. The van der Waals surface area contributed by atoms with Gasteiger partial charge in [0.15, 0.2) is 0 Å². The van der Waals surface area contributed by atoms with Crippen molar-refractivity contribution in [3.05, 3.63) is 23.0 Å². The molecule has 1 aliphatic rings. The van der Waals surface area contributed by atoms with E-state index >= 15 is 0 Å². The SMILES string of the molecule is CC(C)=C1CC(C)CC=C1O[Si](C)(C)C. The second kappa shape index (κ2) is 4.56. The lowest BCUT2D eigenvalue weighted by Crippen LogP contribution is -2.26. The zero-order chi connectivity index (χ0) is 11.6. The molecule has 1 nitrogen and oxygen atoms in total. The molecule has 15 heavy (non-hydrogen) atoms. The van der Waals surface area contributed by atoms with Crippen LogP contribution in [-0.4, -0.2) is 8.32 Å². The van der Waals surface area contributed by atoms with Crippen molar-refractivity contribution < 1.29 is 4.43 Å². The molecule has 1 atom stereocenters. The maximum absolute atomic E-state index is 6.14. The highest BCUT2D eigenvalue weighted by Crippen LogP contribution is 2.32. The van der Waals surface area contributed by atoms with Gasteiger partial charge in [-0.05, 0) is 63.9 Å². The van der Waals surface area contributed by atoms with Gasteiger partial charge in [-0.25, -0.2) is 0 Å². The van der Waals surface area contributed by atoms with Crippen molar-refractivity contribution in [2.24, 2.45) is 5.92 Å². The molecule has 1 aliphatic carbocycles. The number of rotatable bonds is 2. The lowest BCUT2D eigenvalue weighted by Gasteiger charge is -2.29. The zero-order valence-corrected chi connectivity index (χ0v) is 12.0. The highest BCUT2D eigenvalue weighted by atomic mass is 28.4. The van der Waals surface area contributed by atoms with Gasteiger partial charge < -0.3 is 4.43 Å². The summed E-state index contributed by atoms with van der Waals surface area (Å²) in [6, 6.07) is 0. The fourth-order valence-electron chi connectivity index (χ4n) is 1.85. The standard InChI is InChI=1S/C13H24OSi/c1-10(2)12-9-11(3)7-8-13(12)14-15(4,5)6/h8,11H,7,9H2,1-6H3. The van der Waals surface area contributed by atoms with Crippen molar-refractivity contribution in [1.29, 1.82) is 0 Å². The summed E-state index contributed by atoms with van der Waals surface area (Å²) in [7, 11) is -1.46. The van der Waals surface area contributed by atoms with E-state index < -0.39 is 8.32 Å². The Bertz CT molecular complexity index is 290. The molecule has 0 spiro atoms. The maximum Gasteiger partial charge on any atom is 0.242 e. The molecular weight excluding hydrogens is 200 g/mol. The van der Waals surface area contributed by atoms with Crippen LogP contribution < -0.4 is 0 Å². The Morgan fingerprint density at radius 2 is 1.93 bits per heavy atom. The van der Waals surface area contributed by atoms with Gasteiger partial charge in [0.25, 0.3) is 0 Å². The Morgan fingerprint density at radius 3 is 2.40 bits per heavy atom. The Morgan fingerprint density at radius 1 is 1.33 bits per heavy atom. The first-order valence-corrected chi connectivity index (χ1v) is 9.26. The minimum atomic E-state index is -1.46. The average molecular weight is 224 g/mol. The van der Waals surface area contributed by atoms with E-state index in [0.29, 0.717) is 0 Å². The molecule has 1 rings (SSSR count). The second-order valence-corrected chi connectivity index (χ2v) is 10.2. The predicted molar refractivity (Wildman–Crippen MR) is 69.3 cm³/mol. The molecule has 0 aromatic heterocycles. The summed E-state index contributed by atoms with van der Waals surface area (Å²) in [6.07, 6.45) is 4.63. The molecule has 0 radical (unpaired) electrons. The van der Waals surface area contributed by atoms with E-state index in [1.165, 1.54) is 23.3 Å². The topological polar surface area (TPSA) is 9.23 Å². The lowest BCUT2D eigenvalue weighted by molar-refractivity contribution is 0.398. The zero-order valence-electron chi connectivity index (χ0n) is 11.0. The van der Waals surface area contributed by atoms with E-state index in [-0.39, 0.29) is 0 Å². The van der Waals surface area contributed by atoms with Crippen LogP contribution in [0.1, 0.15) is 33.6 Å². The van der Waals surface area contributed by atoms with Gasteiger partial charge in [0, 0.05) is 0 Å². The van der Waals surface area contributed by atoms with Crippen LogP contribution >= 0.6 is 0 Å². The van der Waals surface area contributed by atoms with Crippen LogP contribution in [0.15, 0.2) is 23.0 Å². The Labute approximate surface area is 95.4 Å². The Kier molecular flexibility index (Phi) is 3.82. The van der Waals surface area contributed by atoms with Crippen LogP contribution in [0.25, 0.3) is 0 Å². The smallest absolute Gasteiger partial charge is 0.242 e. The van der Waals surface area contributed by atoms with Crippen molar-refractivity contribution in [2.45, 2.75) is 53.3 Å². The predicted octanol–water partition coefficient (Wildman–Crippen LogP) is 4.49. The van der Waals surface area contributed by atoms with Gasteiger partial charge in [-0.2, -0.15) is 0 Å². The van der Waals surface area contributed by atoms with E-state index in [4.69, 9.17) is 4.43 Å². The Hall–Kier alpha value is -0.503. The lowest BCUT2D eigenvalue weighted by atomic mass is 9.89. The normalized spacial score (nSPS) is 22.4. The molecule has 0 bridgehead atoms. The molecular formula is C13H24OSi. The van der Waals surface area contributed by atoms with Gasteiger partial charge in [0.1, 0.15) is 5.76 Å². The molecule has 0 aliphatic heterocycles. The second-order valence-electron chi connectivity index (χ2n) is 5.81. The van der Waals surface area contributed by atoms with Gasteiger partial charge >= 0.3 is 0 Å². The molecule has 86 valence electrons. The van der Waals surface area contributed by atoms with E-state index in [1.54, 1.807) is 0 Å². The molecule has 0 N–H and O–H groups in total. The van der Waals surface area contributed by atoms with E-state index in [1.807, 2.05) is 0 Å². The monoisotopic (exact) mass is 224 g/mol. The van der Waals surface area contributed by atoms with E-state index in [0.717, 1.165) is 12.3 Å². The number of allylic oxidation sites excluding steroid dienone is 3. The first kappa shape index (κ1) is 12.6. The quantitative estimate of drug-likeness (QED) is 0.628. The first-order chi connectivity index (χ1) is 6.79. The van der Waals surface area contributed by atoms with Crippen LogP contribution in [0.2, 0.25) is 19.6 Å². The molecule has 0 aromatic carbocycles. The number of hydrogen-bond acceptors (Lipinski definition) is 1. The fourth-order valence-corrected chi connectivity index (χ4v) is 2.71. The summed E-state index contributed by atoms with van der Waals surface area (Å²) in [5, 5.41) is 0. The molecule has 0 saturated carbocycles. The van der Waals surface area contributed by atoms with Gasteiger partial charge in [0.2, 0.25) is 8.32 Å². The molecule has 0 heterocycles.